The Morgan fingerprint density at radius 2 is 2.00 bits per heavy atom. The maximum Gasteiger partial charge on any atom is 0.251 e. The van der Waals surface area contributed by atoms with Gasteiger partial charge in [0, 0.05) is 24.0 Å². The molecule has 6 nitrogen and oxygen atoms in total. The Labute approximate surface area is 156 Å². The summed E-state index contributed by atoms with van der Waals surface area (Å²) in [6, 6.07) is 4.25. The Balaban J connectivity index is 2.24. The van der Waals surface area contributed by atoms with Crippen LogP contribution in [0, 0.1) is 6.92 Å². The van der Waals surface area contributed by atoms with Crippen molar-refractivity contribution in [3.05, 3.63) is 44.9 Å². The summed E-state index contributed by atoms with van der Waals surface area (Å²) in [6.45, 7) is 6.33. The molecule has 2 aromatic rings. The maximum absolute atomic E-state index is 12.7. The fourth-order valence-corrected chi connectivity index (χ4v) is 4.88. The van der Waals surface area contributed by atoms with Crippen molar-refractivity contribution in [3.8, 4) is 0 Å². The average molecular weight is 402 g/mol. The van der Waals surface area contributed by atoms with Crippen LogP contribution in [0.3, 0.4) is 0 Å². The SMILES string of the molecule is CCN(CC)S(=O)(=O)c1cc(C(=O)NCc2csc(C)n2)ccc1Cl. The second kappa shape index (κ2) is 8.27. The minimum atomic E-state index is -3.74. The smallest absolute Gasteiger partial charge is 0.251 e. The van der Waals surface area contributed by atoms with E-state index in [0.29, 0.717) is 13.1 Å². The zero-order valence-electron chi connectivity index (χ0n) is 14.2. The summed E-state index contributed by atoms with van der Waals surface area (Å²) in [7, 11) is -3.74. The molecule has 1 N–H and O–H groups in total. The van der Waals surface area contributed by atoms with Crippen LogP contribution in [0.5, 0.6) is 0 Å². The van der Waals surface area contributed by atoms with Crippen LogP contribution in [-0.2, 0) is 16.6 Å². The Morgan fingerprint density at radius 3 is 2.56 bits per heavy atom. The standard InChI is InChI=1S/C16H20ClN3O3S2/c1-4-20(5-2)25(22,23)15-8-12(6-7-14(15)17)16(21)18-9-13-10-24-11(3)19-13/h6-8,10H,4-5,9H2,1-3H3,(H,18,21). The van der Waals surface area contributed by atoms with Gasteiger partial charge in [-0.1, -0.05) is 25.4 Å². The number of aryl methyl sites for hydroxylation is 1. The summed E-state index contributed by atoms with van der Waals surface area (Å²) < 4.78 is 26.6. The number of amides is 1. The predicted octanol–water partition coefficient (Wildman–Crippen LogP) is 3.07. The van der Waals surface area contributed by atoms with Crippen LogP contribution < -0.4 is 5.32 Å². The number of carbonyl (C=O) groups is 1. The van der Waals surface area contributed by atoms with Crippen LogP contribution in [0.1, 0.15) is 34.9 Å². The van der Waals surface area contributed by atoms with Gasteiger partial charge in [-0.05, 0) is 25.1 Å². The molecule has 1 aromatic carbocycles. The highest BCUT2D eigenvalue weighted by atomic mass is 35.5. The zero-order chi connectivity index (χ0) is 18.6. The predicted molar refractivity (Wildman–Crippen MR) is 99.6 cm³/mol. The summed E-state index contributed by atoms with van der Waals surface area (Å²) in [5.74, 6) is -0.377. The van der Waals surface area contributed by atoms with Gasteiger partial charge in [-0.2, -0.15) is 4.31 Å². The molecular formula is C16H20ClN3O3S2. The first-order valence-electron chi connectivity index (χ1n) is 7.78. The number of rotatable bonds is 7. The summed E-state index contributed by atoms with van der Waals surface area (Å²) in [6.07, 6.45) is 0. The van der Waals surface area contributed by atoms with E-state index < -0.39 is 10.0 Å². The molecule has 0 saturated carbocycles. The molecule has 0 aliphatic carbocycles. The summed E-state index contributed by atoms with van der Waals surface area (Å²) in [4.78, 5) is 16.5. The van der Waals surface area contributed by atoms with Gasteiger partial charge in [-0.15, -0.1) is 11.3 Å². The Hall–Kier alpha value is -1.48. The number of benzene rings is 1. The Morgan fingerprint density at radius 1 is 1.32 bits per heavy atom. The highest BCUT2D eigenvalue weighted by Crippen LogP contribution is 2.26. The van der Waals surface area contributed by atoms with Crippen molar-refractivity contribution in [2.45, 2.75) is 32.2 Å². The highest BCUT2D eigenvalue weighted by molar-refractivity contribution is 7.89. The molecule has 0 fully saturated rings. The van der Waals surface area contributed by atoms with E-state index in [9.17, 15) is 13.2 Å². The van der Waals surface area contributed by atoms with Gasteiger partial charge >= 0.3 is 0 Å². The molecule has 0 atom stereocenters. The molecular weight excluding hydrogens is 382 g/mol. The number of nitrogens with one attached hydrogen (secondary N) is 1. The van der Waals surface area contributed by atoms with Crippen LogP contribution in [0.25, 0.3) is 0 Å². The van der Waals surface area contributed by atoms with Crippen LogP contribution >= 0.6 is 22.9 Å². The number of thiazole rings is 1. The topological polar surface area (TPSA) is 79.4 Å². The number of nitrogens with zero attached hydrogens (tertiary/aromatic N) is 2. The molecule has 0 bridgehead atoms. The molecule has 0 unspecified atom stereocenters. The molecule has 9 heteroatoms. The number of halogens is 1. The molecule has 0 aliphatic heterocycles. The van der Waals surface area contributed by atoms with E-state index in [2.05, 4.69) is 10.3 Å². The highest BCUT2D eigenvalue weighted by Gasteiger charge is 2.25. The molecule has 1 amide bonds. The van der Waals surface area contributed by atoms with E-state index in [4.69, 9.17) is 11.6 Å². The third kappa shape index (κ3) is 4.58. The third-order valence-electron chi connectivity index (χ3n) is 3.61. The quantitative estimate of drug-likeness (QED) is 0.773. The van der Waals surface area contributed by atoms with Crippen molar-refractivity contribution >= 4 is 38.9 Å². The van der Waals surface area contributed by atoms with E-state index in [-0.39, 0.29) is 27.9 Å². The summed E-state index contributed by atoms with van der Waals surface area (Å²) in [5.41, 5.74) is 1.00. The van der Waals surface area contributed by atoms with Gasteiger partial charge in [0.1, 0.15) is 4.90 Å². The first-order valence-corrected chi connectivity index (χ1v) is 10.5. The van der Waals surface area contributed by atoms with Crippen LogP contribution in [0.2, 0.25) is 5.02 Å². The third-order valence-corrected chi connectivity index (χ3v) is 6.97. The van der Waals surface area contributed by atoms with E-state index in [1.54, 1.807) is 13.8 Å². The normalized spacial score (nSPS) is 11.7. The monoisotopic (exact) mass is 401 g/mol. The fourth-order valence-electron chi connectivity index (χ4n) is 2.31. The Bertz CT molecular complexity index is 861. The van der Waals surface area contributed by atoms with Gasteiger partial charge < -0.3 is 5.32 Å². The Kier molecular flexibility index (Phi) is 6.56. The lowest BCUT2D eigenvalue weighted by Crippen LogP contribution is -2.31. The lowest BCUT2D eigenvalue weighted by Gasteiger charge is -2.19. The number of carbonyl (C=O) groups excluding carboxylic acids is 1. The van der Waals surface area contributed by atoms with E-state index in [1.165, 1.54) is 33.8 Å². The van der Waals surface area contributed by atoms with Crippen LogP contribution in [0.4, 0.5) is 0 Å². The number of aromatic nitrogens is 1. The van der Waals surface area contributed by atoms with Crippen molar-refractivity contribution < 1.29 is 13.2 Å². The van der Waals surface area contributed by atoms with Gasteiger partial charge in [0.15, 0.2) is 0 Å². The second-order valence-electron chi connectivity index (χ2n) is 5.28. The summed E-state index contributed by atoms with van der Waals surface area (Å²) >= 11 is 7.58. The van der Waals surface area contributed by atoms with E-state index in [0.717, 1.165) is 10.7 Å². The molecule has 136 valence electrons. The molecule has 1 heterocycles. The molecule has 0 aliphatic rings. The van der Waals surface area contributed by atoms with Gasteiger partial charge in [0.25, 0.3) is 5.91 Å². The largest absolute Gasteiger partial charge is 0.346 e. The first-order chi connectivity index (χ1) is 11.8. The first kappa shape index (κ1) is 19.8. The fraction of sp³-hybridized carbons (Fsp3) is 0.375. The number of hydrogen-bond acceptors (Lipinski definition) is 5. The van der Waals surface area contributed by atoms with Gasteiger partial charge in [-0.3, -0.25) is 4.79 Å². The van der Waals surface area contributed by atoms with Crippen LogP contribution in [-0.4, -0.2) is 36.7 Å². The van der Waals surface area contributed by atoms with Crippen molar-refractivity contribution in [1.82, 2.24) is 14.6 Å². The van der Waals surface area contributed by atoms with Crippen molar-refractivity contribution in [3.63, 3.8) is 0 Å². The minimum Gasteiger partial charge on any atom is -0.346 e. The van der Waals surface area contributed by atoms with Crippen molar-refractivity contribution in [1.29, 1.82) is 0 Å². The average Bonchev–Trinajstić information content (AvgIpc) is 2.99. The number of hydrogen-bond donors (Lipinski definition) is 1. The molecule has 0 radical (unpaired) electrons. The molecule has 2 rings (SSSR count). The number of sulfonamides is 1. The van der Waals surface area contributed by atoms with Gasteiger partial charge in [0.2, 0.25) is 10.0 Å². The minimum absolute atomic E-state index is 0.0602. The second-order valence-corrected chi connectivity index (χ2v) is 8.65. The van der Waals surface area contributed by atoms with Crippen molar-refractivity contribution in [2.75, 3.05) is 13.1 Å². The molecule has 0 spiro atoms. The molecule has 0 saturated heterocycles. The van der Waals surface area contributed by atoms with Crippen molar-refractivity contribution in [2.24, 2.45) is 0 Å². The lowest BCUT2D eigenvalue weighted by atomic mass is 10.2. The lowest BCUT2D eigenvalue weighted by molar-refractivity contribution is 0.0950. The van der Waals surface area contributed by atoms with Gasteiger partial charge in [0.05, 0.1) is 22.3 Å². The maximum atomic E-state index is 12.7. The van der Waals surface area contributed by atoms with E-state index >= 15 is 0 Å². The van der Waals surface area contributed by atoms with Gasteiger partial charge in [-0.25, -0.2) is 13.4 Å². The molecule has 25 heavy (non-hydrogen) atoms. The summed E-state index contributed by atoms with van der Waals surface area (Å²) in [5, 5.41) is 5.62. The van der Waals surface area contributed by atoms with E-state index in [1.807, 2.05) is 12.3 Å². The molecule has 1 aromatic heterocycles. The van der Waals surface area contributed by atoms with Crippen LogP contribution in [0.15, 0.2) is 28.5 Å². The zero-order valence-corrected chi connectivity index (χ0v) is 16.6.